The summed E-state index contributed by atoms with van der Waals surface area (Å²) in [6, 6.07) is 3.17. The van der Waals surface area contributed by atoms with E-state index in [0.29, 0.717) is 11.5 Å². The van der Waals surface area contributed by atoms with Gasteiger partial charge in [-0.25, -0.2) is 0 Å². The lowest BCUT2D eigenvalue weighted by atomic mass is 9.85. The molecule has 0 aliphatic heterocycles. The Kier molecular flexibility index (Phi) is 4.22. The van der Waals surface area contributed by atoms with Crippen LogP contribution >= 0.6 is 0 Å². The molecule has 2 atom stereocenters. The molecule has 16 heavy (non-hydrogen) atoms. The van der Waals surface area contributed by atoms with Gasteiger partial charge in [-0.2, -0.15) is 0 Å². The Bertz CT molecular complexity index is 323. The van der Waals surface area contributed by atoms with Crippen LogP contribution in [-0.4, -0.2) is 10.2 Å². The van der Waals surface area contributed by atoms with Crippen molar-refractivity contribution in [3.63, 3.8) is 0 Å². The summed E-state index contributed by atoms with van der Waals surface area (Å²) in [7, 11) is 0. The average Bonchev–Trinajstić information content (AvgIpc) is 2.29. The largest absolute Gasteiger partial charge is 0.508 e. The zero-order valence-electron chi connectivity index (χ0n) is 10.6. The van der Waals surface area contributed by atoms with Crippen molar-refractivity contribution in [2.75, 3.05) is 0 Å². The van der Waals surface area contributed by atoms with Crippen LogP contribution < -0.4 is 0 Å². The van der Waals surface area contributed by atoms with Gasteiger partial charge < -0.3 is 10.2 Å². The van der Waals surface area contributed by atoms with Crippen molar-refractivity contribution < 1.29 is 10.2 Å². The number of hydrogen-bond donors (Lipinski definition) is 2. The van der Waals surface area contributed by atoms with E-state index in [4.69, 9.17) is 0 Å². The standard InChI is InChI=1S/C14H22O2/c1-5-9(3)13-11(15)7-8-12(16)14(13)10(4)6-2/h7-10,15-16H,5-6H2,1-4H3. The van der Waals surface area contributed by atoms with Crippen LogP contribution in [0.4, 0.5) is 0 Å². The molecule has 0 saturated carbocycles. The molecule has 0 spiro atoms. The van der Waals surface area contributed by atoms with Crippen LogP contribution in [0.5, 0.6) is 11.5 Å². The monoisotopic (exact) mass is 222 g/mol. The van der Waals surface area contributed by atoms with E-state index in [9.17, 15) is 10.2 Å². The van der Waals surface area contributed by atoms with E-state index in [2.05, 4.69) is 27.7 Å². The third-order valence-corrected chi connectivity index (χ3v) is 3.45. The van der Waals surface area contributed by atoms with Crippen molar-refractivity contribution in [1.29, 1.82) is 0 Å². The summed E-state index contributed by atoms with van der Waals surface area (Å²) in [5.41, 5.74) is 1.83. The minimum absolute atomic E-state index is 0.274. The fourth-order valence-corrected chi connectivity index (χ4v) is 2.06. The molecule has 1 aromatic rings. The van der Waals surface area contributed by atoms with E-state index in [0.717, 1.165) is 24.0 Å². The van der Waals surface area contributed by atoms with Crippen LogP contribution in [0, 0.1) is 0 Å². The number of hydrogen-bond acceptors (Lipinski definition) is 2. The number of phenols is 2. The van der Waals surface area contributed by atoms with Gasteiger partial charge in [0.1, 0.15) is 11.5 Å². The van der Waals surface area contributed by atoms with Crippen molar-refractivity contribution in [3.05, 3.63) is 23.3 Å². The van der Waals surface area contributed by atoms with Crippen LogP contribution in [0.3, 0.4) is 0 Å². The first kappa shape index (κ1) is 12.9. The van der Waals surface area contributed by atoms with Gasteiger partial charge in [-0.05, 0) is 36.8 Å². The molecular weight excluding hydrogens is 200 g/mol. The summed E-state index contributed by atoms with van der Waals surface area (Å²) in [5.74, 6) is 1.16. The Morgan fingerprint density at radius 1 is 0.875 bits per heavy atom. The average molecular weight is 222 g/mol. The van der Waals surface area contributed by atoms with Crippen LogP contribution in [-0.2, 0) is 0 Å². The predicted molar refractivity (Wildman–Crippen MR) is 67.2 cm³/mol. The van der Waals surface area contributed by atoms with E-state index in [1.807, 2.05) is 0 Å². The molecule has 0 aliphatic rings. The summed E-state index contributed by atoms with van der Waals surface area (Å²) < 4.78 is 0. The molecular formula is C14H22O2. The summed E-state index contributed by atoms with van der Waals surface area (Å²) >= 11 is 0. The lowest BCUT2D eigenvalue weighted by Crippen LogP contribution is -2.03. The minimum atomic E-state index is 0.274. The normalized spacial score (nSPS) is 14.8. The van der Waals surface area contributed by atoms with Crippen molar-refractivity contribution in [2.45, 2.75) is 52.4 Å². The maximum atomic E-state index is 9.95. The number of phenolic OH excluding ortho intramolecular Hbond substituents is 2. The van der Waals surface area contributed by atoms with Crippen LogP contribution in [0.25, 0.3) is 0 Å². The van der Waals surface area contributed by atoms with Gasteiger partial charge >= 0.3 is 0 Å². The molecule has 0 fully saturated rings. The van der Waals surface area contributed by atoms with Crippen molar-refractivity contribution >= 4 is 0 Å². The summed E-state index contributed by atoms with van der Waals surface area (Å²) in [4.78, 5) is 0. The summed E-state index contributed by atoms with van der Waals surface area (Å²) in [5, 5.41) is 19.9. The van der Waals surface area contributed by atoms with Crippen molar-refractivity contribution in [2.24, 2.45) is 0 Å². The van der Waals surface area contributed by atoms with Gasteiger partial charge in [0.15, 0.2) is 0 Å². The second-order valence-corrected chi connectivity index (χ2v) is 4.55. The van der Waals surface area contributed by atoms with Gasteiger partial charge in [-0.3, -0.25) is 0 Å². The van der Waals surface area contributed by atoms with Crippen molar-refractivity contribution in [1.82, 2.24) is 0 Å². The predicted octanol–water partition coefficient (Wildman–Crippen LogP) is 4.12. The van der Waals surface area contributed by atoms with Gasteiger partial charge in [-0.15, -0.1) is 0 Å². The highest BCUT2D eigenvalue weighted by molar-refractivity contribution is 5.50. The molecule has 0 heterocycles. The Balaban J connectivity index is 3.36. The van der Waals surface area contributed by atoms with Crippen LogP contribution in [0.1, 0.15) is 63.5 Å². The molecule has 90 valence electrons. The van der Waals surface area contributed by atoms with Gasteiger partial charge in [0.2, 0.25) is 0 Å². The summed E-state index contributed by atoms with van der Waals surface area (Å²) in [6.07, 6.45) is 1.92. The first-order valence-corrected chi connectivity index (χ1v) is 6.07. The Morgan fingerprint density at radius 3 is 1.44 bits per heavy atom. The maximum Gasteiger partial charge on any atom is 0.119 e. The van der Waals surface area contributed by atoms with E-state index < -0.39 is 0 Å². The topological polar surface area (TPSA) is 40.5 Å². The third kappa shape index (κ3) is 2.31. The molecule has 0 amide bonds. The molecule has 0 bridgehead atoms. The third-order valence-electron chi connectivity index (χ3n) is 3.45. The number of aromatic hydroxyl groups is 2. The molecule has 1 aromatic carbocycles. The molecule has 2 unspecified atom stereocenters. The molecule has 2 N–H and O–H groups in total. The van der Waals surface area contributed by atoms with Gasteiger partial charge in [0, 0.05) is 11.1 Å². The first-order valence-electron chi connectivity index (χ1n) is 6.07. The summed E-state index contributed by atoms with van der Waals surface area (Å²) in [6.45, 7) is 8.35. The van der Waals surface area contributed by atoms with E-state index in [1.54, 1.807) is 12.1 Å². The molecule has 1 rings (SSSR count). The molecule has 2 heteroatoms. The molecule has 0 saturated heterocycles. The minimum Gasteiger partial charge on any atom is -0.508 e. The molecule has 0 aromatic heterocycles. The highest BCUT2D eigenvalue weighted by Crippen LogP contribution is 2.40. The van der Waals surface area contributed by atoms with Crippen molar-refractivity contribution in [3.8, 4) is 11.5 Å². The number of rotatable bonds is 4. The second kappa shape index (κ2) is 5.24. The van der Waals surface area contributed by atoms with Gasteiger partial charge in [0.25, 0.3) is 0 Å². The molecule has 0 radical (unpaired) electrons. The van der Waals surface area contributed by atoms with E-state index >= 15 is 0 Å². The Morgan fingerprint density at radius 2 is 1.19 bits per heavy atom. The first-order chi connectivity index (χ1) is 7.52. The zero-order valence-corrected chi connectivity index (χ0v) is 10.6. The van der Waals surface area contributed by atoms with Gasteiger partial charge in [0.05, 0.1) is 0 Å². The quantitative estimate of drug-likeness (QED) is 0.752. The Labute approximate surface area is 97.9 Å². The molecule has 2 nitrogen and oxygen atoms in total. The highest BCUT2D eigenvalue weighted by atomic mass is 16.3. The zero-order chi connectivity index (χ0) is 12.3. The van der Waals surface area contributed by atoms with Crippen LogP contribution in [0.15, 0.2) is 12.1 Å². The Hall–Kier alpha value is -1.18. The molecule has 0 aliphatic carbocycles. The van der Waals surface area contributed by atoms with Crippen LogP contribution in [0.2, 0.25) is 0 Å². The second-order valence-electron chi connectivity index (χ2n) is 4.55. The fraction of sp³-hybridized carbons (Fsp3) is 0.571. The van der Waals surface area contributed by atoms with E-state index in [1.165, 1.54) is 0 Å². The lowest BCUT2D eigenvalue weighted by Gasteiger charge is -2.21. The SMILES string of the molecule is CCC(C)c1c(O)ccc(O)c1C(C)CC. The lowest BCUT2D eigenvalue weighted by molar-refractivity contribution is 0.436. The van der Waals surface area contributed by atoms with Gasteiger partial charge in [-0.1, -0.05) is 27.7 Å². The van der Waals surface area contributed by atoms with E-state index in [-0.39, 0.29) is 11.8 Å². The maximum absolute atomic E-state index is 9.95. The number of benzene rings is 1. The smallest absolute Gasteiger partial charge is 0.119 e. The fourth-order valence-electron chi connectivity index (χ4n) is 2.06. The highest BCUT2D eigenvalue weighted by Gasteiger charge is 2.20.